The van der Waals surface area contributed by atoms with Crippen molar-refractivity contribution in [1.29, 1.82) is 0 Å². The molecule has 9 aromatic rings. The summed E-state index contributed by atoms with van der Waals surface area (Å²) in [6, 6.07) is 31.3. The summed E-state index contributed by atoms with van der Waals surface area (Å²) in [4.78, 5) is 18.5. The topological polar surface area (TPSA) is 118 Å². The molecule has 9 heterocycles. The molecule has 6 aromatic heterocycles. The maximum atomic E-state index is 7.02. The van der Waals surface area contributed by atoms with E-state index in [1.807, 2.05) is 97.8 Å². The number of ether oxygens (including phenoxy) is 2. The van der Waals surface area contributed by atoms with Gasteiger partial charge in [0.2, 0.25) is 0 Å². The van der Waals surface area contributed by atoms with Crippen molar-refractivity contribution in [1.82, 2.24) is 49.2 Å². The second-order valence-electron chi connectivity index (χ2n) is 17.4. The minimum atomic E-state index is 0.302. The molecule has 0 aliphatic carbocycles. The number of hydrogen-bond acceptors (Lipinski definition) is 9. The first kappa shape index (κ1) is 45.3. The van der Waals surface area contributed by atoms with Gasteiger partial charge in [-0.05, 0) is 81.5 Å². The maximum Gasteiger partial charge on any atom is 0.270 e. The molecule has 13 nitrogen and oxygen atoms in total. The van der Waals surface area contributed by atoms with E-state index in [-0.39, 0.29) is 0 Å². The number of fused-ring (bicyclic) bond motifs is 3. The molecule has 3 saturated heterocycles. The third kappa shape index (κ3) is 9.74. The Kier molecular flexibility index (Phi) is 13.8. The molecule has 0 saturated carbocycles. The Labute approximate surface area is 405 Å². The Bertz CT molecular complexity index is 3160. The molecule has 1 unspecified atom stereocenters. The van der Waals surface area contributed by atoms with Crippen LogP contribution in [0.2, 0.25) is 10.0 Å². The number of piperidine rings is 1. The number of aromatic nitrogens is 9. The quantitative estimate of drug-likeness (QED) is 0.144. The Morgan fingerprint density at radius 2 is 0.926 bits per heavy atom. The number of rotatable bonds is 7. The van der Waals surface area contributed by atoms with E-state index in [9.17, 15) is 0 Å². The molecule has 1 atom stereocenters. The first-order chi connectivity index (χ1) is 33.4. The molecule has 3 aliphatic heterocycles. The molecule has 0 radical (unpaired) electrons. The van der Waals surface area contributed by atoms with E-state index in [1.54, 1.807) is 0 Å². The van der Waals surface area contributed by atoms with Crippen LogP contribution in [0.3, 0.4) is 0 Å². The number of likely N-dealkylation sites (tertiary alicyclic amines) is 1. The Morgan fingerprint density at radius 3 is 1.35 bits per heavy atom. The van der Waals surface area contributed by atoms with Crippen LogP contribution in [0.5, 0.6) is 0 Å². The lowest BCUT2D eigenvalue weighted by atomic mass is 10.1. The van der Waals surface area contributed by atoms with Gasteiger partial charge in [0.25, 0.3) is 6.67 Å². The van der Waals surface area contributed by atoms with Crippen LogP contribution in [0.1, 0.15) is 55.8 Å². The summed E-state index contributed by atoms with van der Waals surface area (Å²) < 4.78 is 17.4. The summed E-state index contributed by atoms with van der Waals surface area (Å²) in [7, 11) is 0. The Hall–Kier alpha value is -6.53. The standard InChI is InChI=1S/C19H18ClN5.C18H19N3O.C16H14ClN3O/c1-21-13-24-10-7-16(8-11-24)25-18-6-9-22-12-17(18)19(23-25)14-2-4-15(20)5-3-14;1-13-2-4-14(5-3-13)18-16-12-19-9-6-17(16)21(20-18)15-7-10-22-11-8-15;17-12-3-1-11(2-4-12)16-14-9-18-7-5-15(14)20(19-16)13-6-8-21-10-13/h2-6,9,12,16H,7-8,10-11,13H2;2-6,9,12,15H,7-8,10-11H2,1H3;1-5,7,9,13H,6,8,10H2. The van der Waals surface area contributed by atoms with Gasteiger partial charge in [-0.2, -0.15) is 15.3 Å². The van der Waals surface area contributed by atoms with Crippen LogP contribution in [0.4, 0.5) is 0 Å². The van der Waals surface area contributed by atoms with E-state index in [4.69, 9.17) is 54.5 Å². The third-order valence-electron chi connectivity index (χ3n) is 13.0. The van der Waals surface area contributed by atoms with Crippen LogP contribution in [0, 0.1) is 13.5 Å². The summed E-state index contributed by atoms with van der Waals surface area (Å²) >= 11 is 12.0. The fourth-order valence-corrected chi connectivity index (χ4v) is 9.66. The highest BCUT2D eigenvalue weighted by molar-refractivity contribution is 6.31. The number of halogens is 2. The van der Waals surface area contributed by atoms with E-state index >= 15 is 0 Å². The van der Waals surface area contributed by atoms with Crippen molar-refractivity contribution in [2.24, 2.45) is 0 Å². The van der Waals surface area contributed by atoms with Crippen molar-refractivity contribution in [2.45, 2.75) is 57.2 Å². The van der Waals surface area contributed by atoms with E-state index in [0.29, 0.717) is 24.8 Å². The molecule has 0 spiro atoms. The second kappa shape index (κ2) is 20.8. The number of hydrogen-bond donors (Lipinski definition) is 0. The molecule has 0 bridgehead atoms. The summed E-state index contributed by atoms with van der Waals surface area (Å²) in [5.74, 6) is 0. The van der Waals surface area contributed by atoms with E-state index < -0.39 is 0 Å². The van der Waals surface area contributed by atoms with Crippen molar-refractivity contribution in [2.75, 3.05) is 46.2 Å². The SMILES string of the molecule is Cc1ccc(-c2nn(C3CCOCC3)c3ccncc23)cc1.Clc1ccc(-c2nn(C3CCOC3)c3ccncc23)cc1.[C-]#[N+]CN1CCC(n2nc(-c3ccc(Cl)cc3)c3cnccc32)CC1. The lowest BCUT2D eigenvalue weighted by Gasteiger charge is -2.29. The zero-order valence-corrected chi connectivity index (χ0v) is 39.3. The van der Waals surface area contributed by atoms with Crippen molar-refractivity contribution < 1.29 is 9.47 Å². The zero-order valence-electron chi connectivity index (χ0n) is 37.8. The highest BCUT2D eigenvalue weighted by Gasteiger charge is 2.26. The molecule has 3 aromatic carbocycles. The van der Waals surface area contributed by atoms with Crippen LogP contribution in [-0.2, 0) is 9.47 Å². The minimum absolute atomic E-state index is 0.302. The normalized spacial score (nSPS) is 16.9. The lowest BCUT2D eigenvalue weighted by Crippen LogP contribution is -2.34. The lowest BCUT2D eigenvalue weighted by molar-refractivity contribution is 0.0675. The van der Waals surface area contributed by atoms with Gasteiger partial charge in [-0.25, -0.2) is 11.5 Å². The van der Waals surface area contributed by atoms with Crippen LogP contribution < -0.4 is 0 Å². The van der Waals surface area contributed by atoms with E-state index in [2.05, 4.69) is 76.0 Å². The van der Waals surface area contributed by atoms with Gasteiger partial charge < -0.3 is 9.47 Å². The van der Waals surface area contributed by atoms with Gasteiger partial charge in [0, 0.05) is 113 Å². The molecule has 0 amide bonds. The van der Waals surface area contributed by atoms with Crippen LogP contribution in [0.25, 0.3) is 71.3 Å². The number of pyridine rings is 3. The van der Waals surface area contributed by atoms with E-state index in [0.717, 1.165) is 148 Å². The van der Waals surface area contributed by atoms with Crippen LogP contribution >= 0.6 is 23.2 Å². The second-order valence-corrected chi connectivity index (χ2v) is 18.3. The van der Waals surface area contributed by atoms with Gasteiger partial charge in [0.05, 0.1) is 41.3 Å². The van der Waals surface area contributed by atoms with Gasteiger partial charge in [-0.3, -0.25) is 33.8 Å². The summed E-state index contributed by atoms with van der Waals surface area (Å²) in [5, 5.41) is 19.4. The van der Waals surface area contributed by atoms with Crippen molar-refractivity contribution in [3.63, 3.8) is 0 Å². The maximum absolute atomic E-state index is 7.02. The fraction of sp³-hybridized carbons (Fsp3) is 0.302. The molecule has 68 heavy (non-hydrogen) atoms. The molecule has 344 valence electrons. The molecular formula is C53H51Cl2N11O2. The Morgan fingerprint density at radius 1 is 0.529 bits per heavy atom. The van der Waals surface area contributed by atoms with Crippen LogP contribution in [0.15, 0.2) is 128 Å². The minimum Gasteiger partial charge on any atom is -0.381 e. The predicted molar refractivity (Wildman–Crippen MR) is 269 cm³/mol. The predicted octanol–water partition coefficient (Wildman–Crippen LogP) is 11.7. The van der Waals surface area contributed by atoms with Crippen molar-refractivity contribution >= 4 is 55.9 Å². The zero-order chi connectivity index (χ0) is 46.4. The summed E-state index contributed by atoms with van der Waals surface area (Å²) in [5.41, 5.74) is 10.8. The Balaban J connectivity index is 0.000000119. The highest BCUT2D eigenvalue weighted by Crippen LogP contribution is 2.35. The molecular weight excluding hydrogens is 894 g/mol. The first-order valence-corrected chi connectivity index (χ1v) is 23.9. The smallest absolute Gasteiger partial charge is 0.270 e. The molecule has 15 heteroatoms. The first-order valence-electron chi connectivity index (χ1n) is 23.2. The summed E-state index contributed by atoms with van der Waals surface area (Å²) in [6.07, 6.45) is 16.2. The number of aryl methyl sites for hydroxylation is 1. The van der Waals surface area contributed by atoms with Crippen LogP contribution in [-0.4, -0.2) is 95.4 Å². The van der Waals surface area contributed by atoms with Crippen molar-refractivity contribution in [3.8, 4) is 33.8 Å². The molecule has 3 fully saturated rings. The molecule has 0 N–H and O–H groups in total. The van der Waals surface area contributed by atoms with Gasteiger partial charge >= 0.3 is 0 Å². The third-order valence-corrected chi connectivity index (χ3v) is 13.5. The van der Waals surface area contributed by atoms with E-state index in [1.165, 1.54) is 5.56 Å². The average Bonchev–Trinajstić information content (AvgIpc) is 4.21. The van der Waals surface area contributed by atoms with Gasteiger partial charge in [-0.15, -0.1) is 0 Å². The van der Waals surface area contributed by atoms with Gasteiger partial charge in [0.1, 0.15) is 17.1 Å². The highest BCUT2D eigenvalue weighted by atomic mass is 35.5. The monoisotopic (exact) mass is 943 g/mol. The van der Waals surface area contributed by atoms with Gasteiger partial charge in [-0.1, -0.05) is 77.3 Å². The summed E-state index contributed by atoms with van der Waals surface area (Å²) in [6.45, 7) is 14.7. The largest absolute Gasteiger partial charge is 0.381 e. The fourth-order valence-electron chi connectivity index (χ4n) is 9.41. The number of benzene rings is 3. The average molecular weight is 945 g/mol. The molecule has 3 aliphatic rings. The number of nitrogens with zero attached hydrogens (tertiary/aromatic N) is 11. The molecule has 12 rings (SSSR count). The van der Waals surface area contributed by atoms with Gasteiger partial charge in [0.15, 0.2) is 0 Å². The van der Waals surface area contributed by atoms with Crippen molar-refractivity contribution in [3.05, 3.63) is 155 Å².